The van der Waals surface area contributed by atoms with Gasteiger partial charge in [-0.2, -0.15) is 13.2 Å². The predicted octanol–water partition coefficient (Wildman–Crippen LogP) is 3.52. The Labute approximate surface area is 162 Å². The zero-order valence-electron chi connectivity index (χ0n) is 14.8. The number of non-ortho nitro benzene ring substituents is 1. The van der Waals surface area contributed by atoms with Crippen LogP contribution in [0.3, 0.4) is 0 Å². The molecule has 1 aromatic heterocycles. The Morgan fingerprint density at radius 3 is 2.45 bits per heavy atom. The number of alkyl halides is 3. The Hall–Kier alpha value is -3.40. The van der Waals surface area contributed by atoms with E-state index in [4.69, 9.17) is 0 Å². The van der Waals surface area contributed by atoms with E-state index in [1.807, 2.05) is 0 Å². The molecule has 0 spiro atoms. The van der Waals surface area contributed by atoms with E-state index in [1.54, 1.807) is 30.3 Å². The molecule has 10 heteroatoms. The lowest BCUT2D eigenvalue weighted by Gasteiger charge is -2.29. The number of carbonyl (C=O) groups excluding carboxylic acids is 1. The van der Waals surface area contributed by atoms with Crippen LogP contribution in [0.5, 0.6) is 0 Å². The van der Waals surface area contributed by atoms with Gasteiger partial charge in [0.05, 0.1) is 10.4 Å². The lowest BCUT2D eigenvalue weighted by atomic mass is 9.93. The number of nitrogens with zero attached hydrogens (tertiary/aromatic N) is 2. The van der Waals surface area contributed by atoms with Crippen molar-refractivity contribution >= 4 is 23.1 Å². The molecule has 0 aliphatic heterocycles. The van der Waals surface area contributed by atoms with Gasteiger partial charge in [0.1, 0.15) is 6.61 Å². The van der Waals surface area contributed by atoms with Crippen LogP contribution in [0.15, 0.2) is 54.7 Å². The number of aliphatic hydroxyl groups is 1. The third-order valence-corrected chi connectivity index (χ3v) is 4.55. The van der Waals surface area contributed by atoms with E-state index in [0.717, 1.165) is 30.0 Å². The van der Waals surface area contributed by atoms with Crippen LogP contribution in [-0.4, -0.2) is 33.9 Å². The number of carbonyl (C=O) groups is 1. The molecule has 152 valence electrons. The van der Waals surface area contributed by atoms with Crippen LogP contribution in [0.2, 0.25) is 0 Å². The van der Waals surface area contributed by atoms with Crippen LogP contribution < -0.4 is 0 Å². The molecule has 3 rings (SSSR count). The molecule has 29 heavy (non-hydrogen) atoms. The first-order valence-corrected chi connectivity index (χ1v) is 8.33. The number of nitro benzene ring substituents is 1. The highest BCUT2D eigenvalue weighted by molar-refractivity contribution is 5.87. The first-order chi connectivity index (χ1) is 13.7. The Balaban J connectivity index is 2.24. The minimum Gasteiger partial charge on any atom is -0.464 e. The molecule has 1 heterocycles. The monoisotopic (exact) mass is 408 g/mol. The van der Waals surface area contributed by atoms with E-state index >= 15 is 0 Å². The summed E-state index contributed by atoms with van der Waals surface area (Å²) in [6.07, 6.45) is -4.09. The number of benzene rings is 2. The molecule has 7 nitrogen and oxygen atoms in total. The third-order valence-electron chi connectivity index (χ3n) is 4.55. The lowest BCUT2D eigenvalue weighted by molar-refractivity contribution is -0.384. The molecule has 2 aromatic carbocycles. The molecule has 0 bridgehead atoms. The molecular formula is C19H15F3N2O5. The number of hydrogen-bond donors (Lipinski definition) is 1. The maximum Gasteiger partial charge on any atom is 0.424 e. The van der Waals surface area contributed by atoms with Crippen LogP contribution in [0.4, 0.5) is 18.9 Å². The summed E-state index contributed by atoms with van der Waals surface area (Å²) in [6.45, 7) is -1.42. The van der Waals surface area contributed by atoms with Crippen molar-refractivity contribution in [3.8, 4) is 0 Å². The first kappa shape index (κ1) is 20.3. The van der Waals surface area contributed by atoms with Crippen molar-refractivity contribution in [2.75, 3.05) is 6.61 Å². The molecule has 0 amide bonds. The largest absolute Gasteiger partial charge is 0.464 e. The van der Waals surface area contributed by atoms with Crippen LogP contribution in [-0.2, 0) is 21.7 Å². The molecule has 1 N–H and O–H groups in total. The van der Waals surface area contributed by atoms with Gasteiger partial charge in [-0.05, 0) is 11.6 Å². The number of rotatable bonds is 7. The van der Waals surface area contributed by atoms with Crippen LogP contribution in [0.1, 0.15) is 11.1 Å². The number of fused-ring (bicyclic) bond motifs is 1. The average molecular weight is 408 g/mol. The highest BCUT2D eigenvalue weighted by Gasteiger charge is 2.57. The fraction of sp³-hybridized carbons (Fsp3) is 0.211. The van der Waals surface area contributed by atoms with Crippen LogP contribution in [0, 0.1) is 10.1 Å². The lowest BCUT2D eigenvalue weighted by Crippen LogP contribution is -2.46. The highest BCUT2D eigenvalue weighted by Crippen LogP contribution is 2.43. The van der Waals surface area contributed by atoms with Gasteiger partial charge in [-0.25, -0.2) is 0 Å². The molecule has 1 atom stereocenters. The summed E-state index contributed by atoms with van der Waals surface area (Å²) in [7, 11) is 0. The SMILES string of the molecule is O=COCC(O)(c1cn(Cc2ccccc2)c2cc([N+](=O)[O-])ccc12)C(F)(F)F. The first-order valence-electron chi connectivity index (χ1n) is 8.33. The summed E-state index contributed by atoms with van der Waals surface area (Å²) >= 11 is 0. The summed E-state index contributed by atoms with van der Waals surface area (Å²) in [5.41, 5.74) is -3.48. The van der Waals surface area contributed by atoms with Gasteiger partial charge >= 0.3 is 6.18 Å². The Morgan fingerprint density at radius 2 is 1.86 bits per heavy atom. The van der Waals surface area contributed by atoms with Crippen molar-refractivity contribution in [1.29, 1.82) is 0 Å². The number of nitro groups is 1. The fourth-order valence-electron chi connectivity index (χ4n) is 3.10. The Bertz CT molecular complexity index is 1050. The second-order valence-corrected chi connectivity index (χ2v) is 6.38. The minimum absolute atomic E-state index is 0.0409. The minimum atomic E-state index is -5.16. The van der Waals surface area contributed by atoms with Gasteiger partial charge in [0.15, 0.2) is 0 Å². The number of hydrogen-bond acceptors (Lipinski definition) is 5. The van der Waals surface area contributed by atoms with Crippen molar-refractivity contribution in [3.05, 3.63) is 76.0 Å². The smallest absolute Gasteiger partial charge is 0.424 e. The molecule has 3 aromatic rings. The standard InChI is InChI=1S/C19H15F3N2O5/c20-19(21,22)18(26,11-29-12-25)16-10-23(9-13-4-2-1-3-5-13)17-8-14(24(27)28)6-7-15(16)17/h1-8,10,12,26H,9,11H2. The van der Waals surface area contributed by atoms with Crippen LogP contribution >= 0.6 is 0 Å². The average Bonchev–Trinajstić information content (AvgIpc) is 3.04. The molecule has 0 fully saturated rings. The predicted molar refractivity (Wildman–Crippen MR) is 96.1 cm³/mol. The summed E-state index contributed by atoms with van der Waals surface area (Å²) < 4.78 is 46.8. The van der Waals surface area contributed by atoms with Gasteiger partial charge in [-0.1, -0.05) is 30.3 Å². The molecular weight excluding hydrogens is 393 g/mol. The molecule has 0 aliphatic carbocycles. The van der Waals surface area contributed by atoms with Crippen molar-refractivity contribution < 1.29 is 32.7 Å². The van der Waals surface area contributed by atoms with Gasteiger partial charge in [0.25, 0.3) is 12.2 Å². The Kier molecular flexibility index (Phi) is 5.29. The zero-order chi connectivity index (χ0) is 21.2. The van der Waals surface area contributed by atoms with E-state index in [0.29, 0.717) is 0 Å². The van der Waals surface area contributed by atoms with Crippen molar-refractivity contribution in [3.63, 3.8) is 0 Å². The summed E-state index contributed by atoms with van der Waals surface area (Å²) in [5.74, 6) is 0. The molecule has 0 aliphatic rings. The topological polar surface area (TPSA) is 94.6 Å². The summed E-state index contributed by atoms with van der Waals surface area (Å²) in [6, 6.07) is 12.1. The van der Waals surface area contributed by atoms with Gasteiger partial charge in [-0.3, -0.25) is 14.9 Å². The molecule has 0 radical (unpaired) electrons. The van der Waals surface area contributed by atoms with Gasteiger partial charge in [0, 0.05) is 35.8 Å². The van der Waals surface area contributed by atoms with Crippen molar-refractivity contribution in [2.24, 2.45) is 0 Å². The van der Waals surface area contributed by atoms with E-state index in [-0.39, 0.29) is 29.6 Å². The quantitative estimate of drug-likeness (QED) is 0.367. The summed E-state index contributed by atoms with van der Waals surface area (Å²) in [5, 5.41) is 21.5. The second kappa shape index (κ2) is 7.55. The fourth-order valence-corrected chi connectivity index (χ4v) is 3.10. The Morgan fingerprint density at radius 1 is 1.17 bits per heavy atom. The second-order valence-electron chi connectivity index (χ2n) is 6.38. The van der Waals surface area contributed by atoms with E-state index in [1.165, 1.54) is 4.57 Å². The van der Waals surface area contributed by atoms with Gasteiger partial charge < -0.3 is 14.4 Å². The van der Waals surface area contributed by atoms with Crippen molar-refractivity contribution in [2.45, 2.75) is 18.3 Å². The zero-order valence-corrected chi connectivity index (χ0v) is 14.8. The number of aromatic nitrogens is 1. The maximum atomic E-state index is 13.7. The van der Waals surface area contributed by atoms with Gasteiger partial charge in [0.2, 0.25) is 5.60 Å². The third kappa shape index (κ3) is 3.79. The normalized spacial score (nSPS) is 13.8. The molecule has 0 saturated heterocycles. The van der Waals surface area contributed by atoms with E-state index in [2.05, 4.69) is 4.74 Å². The van der Waals surface area contributed by atoms with Crippen molar-refractivity contribution in [1.82, 2.24) is 4.57 Å². The maximum absolute atomic E-state index is 13.7. The van der Waals surface area contributed by atoms with Gasteiger partial charge in [-0.15, -0.1) is 0 Å². The van der Waals surface area contributed by atoms with E-state index < -0.39 is 28.9 Å². The molecule has 0 saturated carbocycles. The van der Waals surface area contributed by atoms with E-state index in [9.17, 15) is 33.2 Å². The number of ether oxygens (including phenoxy) is 1. The number of halogens is 3. The summed E-state index contributed by atoms with van der Waals surface area (Å²) in [4.78, 5) is 20.9. The molecule has 1 unspecified atom stereocenters. The highest BCUT2D eigenvalue weighted by atomic mass is 19.4. The van der Waals surface area contributed by atoms with Crippen LogP contribution in [0.25, 0.3) is 10.9 Å².